The van der Waals surface area contributed by atoms with Gasteiger partial charge in [0.2, 0.25) is 0 Å². The van der Waals surface area contributed by atoms with Gasteiger partial charge < -0.3 is 5.11 Å². The van der Waals surface area contributed by atoms with Gasteiger partial charge in [0, 0.05) is 5.39 Å². The fourth-order valence-electron chi connectivity index (χ4n) is 5.65. The molecule has 4 rings (SSSR count). The molecule has 156 valence electrons. The second-order valence-corrected chi connectivity index (χ2v) is 9.89. The van der Waals surface area contributed by atoms with E-state index >= 15 is 0 Å². The molecule has 1 aromatic heterocycles. The van der Waals surface area contributed by atoms with Crippen LogP contribution in [-0.2, 0) is 11.8 Å². The fourth-order valence-corrected chi connectivity index (χ4v) is 5.65. The summed E-state index contributed by atoms with van der Waals surface area (Å²) in [5.41, 5.74) is 2.42. The first-order valence-electron chi connectivity index (χ1n) is 11.5. The van der Waals surface area contributed by atoms with E-state index in [1.165, 1.54) is 48.7 Å². The normalized spacial score (nSPS) is 26.5. The van der Waals surface area contributed by atoms with Crippen molar-refractivity contribution in [1.82, 2.24) is 9.78 Å². The highest BCUT2D eigenvalue weighted by atomic mass is 16.3. The molecule has 0 saturated heterocycles. The van der Waals surface area contributed by atoms with Crippen LogP contribution >= 0.6 is 0 Å². The van der Waals surface area contributed by atoms with Crippen molar-refractivity contribution in [2.24, 2.45) is 5.92 Å². The predicted octanol–water partition coefficient (Wildman–Crippen LogP) is 5.83. The molecule has 0 atom stereocenters. The predicted molar refractivity (Wildman–Crippen MR) is 117 cm³/mol. The van der Waals surface area contributed by atoms with Gasteiger partial charge in [0.15, 0.2) is 0 Å². The van der Waals surface area contributed by atoms with E-state index in [9.17, 15) is 10.4 Å². The molecule has 2 fully saturated rings. The average Bonchev–Trinajstić information content (AvgIpc) is 3.12. The number of rotatable bonds is 4. The fraction of sp³-hybridized carbons (Fsp3) is 0.680. The quantitative estimate of drug-likeness (QED) is 0.711. The van der Waals surface area contributed by atoms with Crippen molar-refractivity contribution in [2.75, 3.05) is 0 Å². The lowest BCUT2D eigenvalue weighted by molar-refractivity contribution is -0.00558. The first-order valence-corrected chi connectivity index (χ1v) is 11.5. The van der Waals surface area contributed by atoms with Crippen LogP contribution in [0.4, 0.5) is 0 Å². The summed E-state index contributed by atoms with van der Waals surface area (Å²) < 4.78 is 2.28. The smallest absolute Gasteiger partial charge is 0.0823 e. The van der Waals surface area contributed by atoms with E-state index in [1.54, 1.807) is 0 Å². The highest BCUT2D eigenvalue weighted by Crippen LogP contribution is 2.45. The number of benzene rings is 1. The van der Waals surface area contributed by atoms with Crippen molar-refractivity contribution >= 4 is 10.9 Å². The van der Waals surface area contributed by atoms with Gasteiger partial charge in [-0.15, -0.1) is 0 Å². The number of hydrogen-bond acceptors (Lipinski definition) is 3. The van der Waals surface area contributed by atoms with Gasteiger partial charge in [-0.05, 0) is 76.3 Å². The van der Waals surface area contributed by atoms with Crippen molar-refractivity contribution in [3.05, 3.63) is 29.5 Å². The summed E-state index contributed by atoms with van der Waals surface area (Å²) in [5, 5.41) is 26.9. The molecule has 0 radical (unpaired) electrons. The lowest BCUT2D eigenvalue weighted by Crippen LogP contribution is -2.39. The number of aliphatic hydroxyl groups is 1. The van der Waals surface area contributed by atoms with Crippen LogP contribution in [0.3, 0.4) is 0 Å². The lowest BCUT2D eigenvalue weighted by Gasteiger charge is -2.40. The molecule has 1 heterocycles. The van der Waals surface area contributed by atoms with Crippen LogP contribution in [0.1, 0.15) is 95.9 Å². The summed E-state index contributed by atoms with van der Waals surface area (Å²) in [6.07, 6.45) is 10.7. The number of nitrogens with zero attached hydrogens (tertiary/aromatic N) is 3. The summed E-state index contributed by atoms with van der Waals surface area (Å²) in [6, 6.07) is 9.81. The Morgan fingerprint density at radius 3 is 2.45 bits per heavy atom. The van der Waals surface area contributed by atoms with Crippen LogP contribution in [0.25, 0.3) is 10.9 Å². The van der Waals surface area contributed by atoms with E-state index in [-0.39, 0.29) is 5.92 Å². The van der Waals surface area contributed by atoms with E-state index in [4.69, 9.17) is 5.10 Å². The Morgan fingerprint density at radius 2 is 1.86 bits per heavy atom. The number of fused-ring (bicyclic) bond motifs is 1. The Balaban J connectivity index is 1.71. The minimum absolute atomic E-state index is 0.271. The van der Waals surface area contributed by atoms with E-state index < -0.39 is 11.0 Å². The Bertz CT molecular complexity index is 901. The highest BCUT2D eigenvalue weighted by Gasteiger charge is 2.41. The molecule has 0 aliphatic heterocycles. The Kier molecular flexibility index (Phi) is 5.46. The zero-order valence-corrected chi connectivity index (χ0v) is 18.2. The van der Waals surface area contributed by atoms with E-state index in [0.29, 0.717) is 6.04 Å². The van der Waals surface area contributed by atoms with Crippen LogP contribution in [0.2, 0.25) is 0 Å². The number of nitriles is 1. The molecule has 2 aliphatic carbocycles. The molecule has 0 unspecified atom stereocenters. The average molecular weight is 394 g/mol. The van der Waals surface area contributed by atoms with Gasteiger partial charge in [-0.1, -0.05) is 38.3 Å². The van der Waals surface area contributed by atoms with Crippen LogP contribution < -0.4 is 0 Å². The van der Waals surface area contributed by atoms with Crippen molar-refractivity contribution in [2.45, 2.75) is 102 Å². The molecule has 0 spiro atoms. The Hall–Kier alpha value is -1.86. The summed E-state index contributed by atoms with van der Waals surface area (Å²) in [5.74, 6) is 0.271. The van der Waals surface area contributed by atoms with Gasteiger partial charge in [0.05, 0.1) is 34.3 Å². The number of aromatic nitrogens is 2. The van der Waals surface area contributed by atoms with Gasteiger partial charge in [0.1, 0.15) is 0 Å². The third-order valence-corrected chi connectivity index (χ3v) is 7.64. The molecule has 1 aromatic carbocycles. The Morgan fingerprint density at radius 1 is 1.17 bits per heavy atom. The van der Waals surface area contributed by atoms with Gasteiger partial charge in [-0.3, -0.25) is 4.68 Å². The second-order valence-electron chi connectivity index (χ2n) is 9.89. The monoisotopic (exact) mass is 393 g/mol. The second kappa shape index (κ2) is 7.76. The minimum Gasteiger partial charge on any atom is -0.390 e. The molecule has 2 aliphatic rings. The van der Waals surface area contributed by atoms with Crippen molar-refractivity contribution in [1.29, 1.82) is 5.26 Å². The third kappa shape index (κ3) is 3.70. The minimum atomic E-state index is -0.665. The van der Waals surface area contributed by atoms with Crippen LogP contribution in [0, 0.1) is 17.2 Å². The molecule has 4 nitrogen and oxygen atoms in total. The van der Waals surface area contributed by atoms with Crippen LogP contribution in [0.15, 0.2) is 18.2 Å². The number of hydrogen-bond donors (Lipinski definition) is 1. The van der Waals surface area contributed by atoms with E-state index in [0.717, 1.165) is 37.7 Å². The molecule has 2 saturated carbocycles. The molecule has 4 heteroatoms. The van der Waals surface area contributed by atoms with Gasteiger partial charge in [-0.25, -0.2) is 0 Å². The maximum atomic E-state index is 10.4. The Labute approximate surface area is 174 Å². The number of aryl methyl sites for hydroxylation is 1. The maximum Gasteiger partial charge on any atom is 0.0823 e. The molecule has 0 bridgehead atoms. The SMILES string of the molecule is CCc1nn(C2CCCCC2)c2cc([C@]3(C#N)CC[C@@H](C(C)(C)O)CC3)ccc12. The zero-order chi connectivity index (χ0) is 20.6. The molecule has 29 heavy (non-hydrogen) atoms. The first kappa shape index (κ1) is 20.4. The first-order chi connectivity index (χ1) is 13.9. The molecular formula is C25H35N3O. The van der Waals surface area contributed by atoms with E-state index in [1.807, 2.05) is 13.8 Å². The van der Waals surface area contributed by atoms with Crippen molar-refractivity contribution in [3.8, 4) is 6.07 Å². The third-order valence-electron chi connectivity index (χ3n) is 7.64. The molecule has 2 aromatic rings. The summed E-state index contributed by atoms with van der Waals surface area (Å²) in [4.78, 5) is 0. The largest absolute Gasteiger partial charge is 0.390 e. The summed E-state index contributed by atoms with van der Waals surface area (Å²) >= 11 is 0. The maximum absolute atomic E-state index is 10.4. The van der Waals surface area contributed by atoms with Gasteiger partial charge in [-0.2, -0.15) is 10.4 Å². The summed E-state index contributed by atoms with van der Waals surface area (Å²) in [6.45, 7) is 5.98. The van der Waals surface area contributed by atoms with Crippen LogP contribution in [-0.4, -0.2) is 20.5 Å². The molecule has 0 amide bonds. The lowest BCUT2D eigenvalue weighted by atomic mass is 9.64. The van der Waals surface area contributed by atoms with E-state index in [2.05, 4.69) is 35.9 Å². The zero-order valence-electron chi connectivity index (χ0n) is 18.2. The molecular weight excluding hydrogens is 358 g/mol. The van der Waals surface area contributed by atoms with Crippen molar-refractivity contribution in [3.63, 3.8) is 0 Å². The van der Waals surface area contributed by atoms with Crippen LogP contribution in [0.5, 0.6) is 0 Å². The van der Waals surface area contributed by atoms with Gasteiger partial charge >= 0.3 is 0 Å². The van der Waals surface area contributed by atoms with Gasteiger partial charge in [0.25, 0.3) is 0 Å². The summed E-state index contributed by atoms with van der Waals surface area (Å²) in [7, 11) is 0. The topological polar surface area (TPSA) is 61.8 Å². The standard InChI is InChI=1S/C25H35N3O/c1-4-22-21-11-10-19(16-23(21)28(27-22)20-8-6-5-7-9-20)25(17-26)14-12-18(13-15-25)24(2,3)29/h10-11,16,18,20,29H,4-9,12-15H2,1-3H3/t18-,25-. The van der Waals surface area contributed by atoms with Crippen molar-refractivity contribution < 1.29 is 5.11 Å². The molecule has 1 N–H and O–H groups in total. The highest BCUT2D eigenvalue weighted by molar-refractivity contribution is 5.83.